The van der Waals surface area contributed by atoms with Gasteiger partial charge in [0.2, 0.25) is 0 Å². The first-order valence-electron chi connectivity index (χ1n) is 8.26. The van der Waals surface area contributed by atoms with Gasteiger partial charge in [-0.25, -0.2) is 16.8 Å². The molecule has 10 nitrogen and oxygen atoms in total. The maximum Gasteiger partial charge on any atom is 0.125 e. The first-order valence-corrected chi connectivity index (χ1v) is 11.1. The highest BCUT2D eigenvalue weighted by molar-refractivity contribution is 7.86. The molecule has 1 fully saturated rings. The fraction of sp³-hybridized carbons (Fsp3) is 0.250. The summed E-state index contributed by atoms with van der Waals surface area (Å²) in [6.45, 7) is 5.28. The lowest BCUT2D eigenvalue weighted by molar-refractivity contribution is -0.787. The number of quaternary nitrogens is 2. The van der Waals surface area contributed by atoms with Crippen LogP contribution in [0.3, 0.4) is 0 Å². The highest BCUT2D eigenvalue weighted by Crippen LogP contribution is 2.10. The van der Waals surface area contributed by atoms with Crippen LogP contribution in [0.5, 0.6) is 0 Å². The minimum absolute atomic E-state index is 0.258. The Morgan fingerprint density at radius 2 is 0.857 bits per heavy atom. The molecular weight excluding hydrogens is 408 g/mol. The average molecular weight is 433 g/mol. The normalized spacial score (nSPS) is 14.1. The molecule has 12 heteroatoms. The van der Waals surface area contributed by atoms with Crippen LogP contribution < -0.4 is 22.1 Å². The van der Waals surface area contributed by atoms with Crippen LogP contribution in [0.2, 0.25) is 0 Å². The summed E-state index contributed by atoms with van der Waals surface area (Å²) in [6, 6.07) is 10.2. The summed E-state index contributed by atoms with van der Waals surface area (Å²) in [5.74, 6) is 0. The third-order valence-electron chi connectivity index (χ3n) is 3.49. The standard InChI is InChI=1S/2C6H7NO3S.C4H10N2/c2*7-5-1-3-6(4-2-5)11(8,9)10;1-2-6-4-3-5-1/h2*1-4H,7H2,(H,8,9,10);5-6H,1-4H2. The zero-order valence-corrected chi connectivity index (χ0v) is 16.7. The molecule has 0 amide bonds. The summed E-state index contributed by atoms with van der Waals surface area (Å²) in [7, 11) is -8.65. The number of anilines is 2. The van der Waals surface area contributed by atoms with E-state index in [1.54, 1.807) is 0 Å². The van der Waals surface area contributed by atoms with E-state index in [4.69, 9.17) is 11.5 Å². The van der Waals surface area contributed by atoms with Gasteiger partial charge in [-0.2, -0.15) is 0 Å². The molecule has 0 unspecified atom stereocenters. The molecule has 0 aromatic heterocycles. The van der Waals surface area contributed by atoms with E-state index in [1.807, 2.05) is 0 Å². The third kappa shape index (κ3) is 9.64. The van der Waals surface area contributed by atoms with E-state index < -0.39 is 20.2 Å². The van der Waals surface area contributed by atoms with Crippen molar-refractivity contribution < 1.29 is 36.6 Å². The summed E-state index contributed by atoms with van der Waals surface area (Å²) < 4.78 is 62.1. The quantitative estimate of drug-likeness (QED) is 0.294. The van der Waals surface area contributed by atoms with Gasteiger partial charge in [0, 0.05) is 11.4 Å². The third-order valence-corrected chi connectivity index (χ3v) is 5.19. The Hall–Kier alpha value is -2.22. The first-order chi connectivity index (χ1) is 13.0. The molecule has 0 aliphatic carbocycles. The Morgan fingerprint density at radius 3 is 1.04 bits per heavy atom. The molecule has 0 spiro atoms. The zero-order chi connectivity index (χ0) is 21.2. The van der Waals surface area contributed by atoms with E-state index in [0.29, 0.717) is 11.4 Å². The second-order valence-electron chi connectivity index (χ2n) is 5.78. The molecule has 28 heavy (non-hydrogen) atoms. The predicted molar refractivity (Wildman–Crippen MR) is 101 cm³/mol. The summed E-state index contributed by atoms with van der Waals surface area (Å²) in [6.07, 6.45) is 0. The topological polar surface area (TPSA) is 200 Å². The maximum atomic E-state index is 10.3. The first kappa shape index (κ1) is 23.8. The second-order valence-corrected chi connectivity index (χ2v) is 8.54. The summed E-state index contributed by atoms with van der Waals surface area (Å²) >= 11 is 0. The maximum absolute atomic E-state index is 10.3. The van der Waals surface area contributed by atoms with Crippen LogP contribution in [0, 0.1) is 0 Å². The molecule has 1 aliphatic heterocycles. The molecule has 0 atom stereocenters. The highest BCUT2D eigenvalue weighted by Gasteiger charge is 2.00. The molecule has 8 N–H and O–H groups in total. The average Bonchev–Trinajstić information content (AvgIpc) is 2.63. The van der Waals surface area contributed by atoms with Gasteiger partial charge in [-0.15, -0.1) is 0 Å². The van der Waals surface area contributed by atoms with Crippen molar-refractivity contribution in [3.05, 3.63) is 48.5 Å². The number of hydrogen-bond donors (Lipinski definition) is 4. The van der Waals surface area contributed by atoms with Crippen molar-refractivity contribution in [2.45, 2.75) is 9.79 Å². The number of nitrogens with two attached hydrogens (primary N) is 4. The molecule has 1 heterocycles. The zero-order valence-electron chi connectivity index (χ0n) is 15.0. The van der Waals surface area contributed by atoms with Crippen molar-refractivity contribution in [2.75, 3.05) is 37.6 Å². The van der Waals surface area contributed by atoms with E-state index in [-0.39, 0.29) is 9.79 Å². The Bertz CT molecular complexity index is 841. The van der Waals surface area contributed by atoms with Gasteiger partial charge in [0.05, 0.1) is 9.79 Å². The van der Waals surface area contributed by atoms with Crippen molar-refractivity contribution in [1.29, 1.82) is 0 Å². The summed E-state index contributed by atoms with van der Waals surface area (Å²) in [5.41, 5.74) is 11.4. The lowest BCUT2D eigenvalue weighted by atomic mass is 10.3. The molecular formula is C16H24N4O6S2. The lowest BCUT2D eigenvalue weighted by Crippen LogP contribution is -3.04. The van der Waals surface area contributed by atoms with Crippen LogP contribution in [0.4, 0.5) is 11.4 Å². The summed E-state index contributed by atoms with van der Waals surface area (Å²) in [5, 5.41) is 4.72. The molecule has 1 saturated heterocycles. The Balaban J connectivity index is 0.000000219. The summed E-state index contributed by atoms with van der Waals surface area (Å²) in [4.78, 5) is -0.515. The van der Waals surface area contributed by atoms with E-state index in [9.17, 15) is 25.9 Å². The molecule has 1 aliphatic rings. The fourth-order valence-electron chi connectivity index (χ4n) is 2.03. The van der Waals surface area contributed by atoms with Crippen LogP contribution in [0.25, 0.3) is 0 Å². The number of piperazine rings is 1. The van der Waals surface area contributed by atoms with Crippen molar-refractivity contribution in [1.82, 2.24) is 0 Å². The van der Waals surface area contributed by atoms with Crippen molar-refractivity contribution in [3.63, 3.8) is 0 Å². The molecule has 0 radical (unpaired) electrons. The molecule has 3 rings (SSSR count). The number of benzene rings is 2. The van der Waals surface area contributed by atoms with E-state index in [1.165, 1.54) is 74.7 Å². The molecule has 0 saturated carbocycles. The van der Waals surface area contributed by atoms with Crippen LogP contribution in [-0.2, 0) is 20.2 Å². The largest absolute Gasteiger partial charge is 0.744 e. The van der Waals surface area contributed by atoms with E-state index >= 15 is 0 Å². The smallest absolute Gasteiger partial charge is 0.125 e. The molecule has 0 bridgehead atoms. The van der Waals surface area contributed by atoms with Crippen LogP contribution in [0.15, 0.2) is 58.3 Å². The van der Waals surface area contributed by atoms with Crippen molar-refractivity contribution in [2.24, 2.45) is 0 Å². The van der Waals surface area contributed by atoms with Gasteiger partial charge >= 0.3 is 0 Å². The SMILES string of the molecule is C1C[NH2+]CC[NH2+]1.Nc1ccc(S(=O)(=O)[O-])cc1.Nc1ccc(S(=O)(=O)[O-])cc1. The molecule has 2 aromatic carbocycles. The minimum Gasteiger partial charge on any atom is -0.744 e. The van der Waals surface area contributed by atoms with Crippen molar-refractivity contribution in [3.8, 4) is 0 Å². The Labute approximate surface area is 164 Å². The van der Waals surface area contributed by atoms with Gasteiger partial charge in [-0.1, -0.05) is 0 Å². The van der Waals surface area contributed by atoms with Gasteiger partial charge in [0.15, 0.2) is 0 Å². The van der Waals surface area contributed by atoms with Gasteiger partial charge in [-0.3, -0.25) is 0 Å². The lowest BCUT2D eigenvalue weighted by Gasteiger charge is -2.05. The predicted octanol–water partition coefficient (Wildman–Crippen LogP) is -2.53. The molecule has 2 aromatic rings. The van der Waals surface area contributed by atoms with Gasteiger partial charge in [0.1, 0.15) is 46.4 Å². The van der Waals surface area contributed by atoms with Gasteiger partial charge < -0.3 is 31.2 Å². The molecule has 156 valence electrons. The van der Waals surface area contributed by atoms with Gasteiger partial charge in [0.25, 0.3) is 0 Å². The van der Waals surface area contributed by atoms with Gasteiger partial charge in [-0.05, 0) is 48.5 Å². The second kappa shape index (κ2) is 10.9. The minimum atomic E-state index is -4.33. The Kier molecular flexibility index (Phi) is 9.31. The number of nitrogen functional groups attached to an aromatic ring is 2. The van der Waals surface area contributed by atoms with E-state index in [2.05, 4.69) is 10.6 Å². The van der Waals surface area contributed by atoms with Crippen molar-refractivity contribution >= 4 is 31.6 Å². The fourth-order valence-corrected chi connectivity index (χ4v) is 2.97. The monoisotopic (exact) mass is 432 g/mol. The number of rotatable bonds is 2. The Morgan fingerprint density at radius 1 is 0.607 bits per heavy atom. The highest BCUT2D eigenvalue weighted by atomic mass is 32.2. The van der Waals surface area contributed by atoms with Crippen LogP contribution >= 0.6 is 0 Å². The van der Waals surface area contributed by atoms with Crippen LogP contribution in [-0.4, -0.2) is 52.1 Å². The van der Waals surface area contributed by atoms with Crippen LogP contribution in [0.1, 0.15) is 0 Å². The number of hydrogen-bond acceptors (Lipinski definition) is 8. The van der Waals surface area contributed by atoms with E-state index in [0.717, 1.165) is 0 Å².